The topological polar surface area (TPSA) is 45.2 Å². The van der Waals surface area contributed by atoms with Crippen LogP contribution < -0.4 is 5.32 Å². The summed E-state index contributed by atoms with van der Waals surface area (Å²) in [5.41, 5.74) is 2.75. The second-order valence-electron chi connectivity index (χ2n) is 7.48. The van der Waals surface area contributed by atoms with Gasteiger partial charge in [-0.15, -0.1) is 0 Å². The van der Waals surface area contributed by atoms with E-state index in [0.717, 1.165) is 35.3 Å². The average molecular weight is 406 g/mol. The quantitative estimate of drug-likeness (QED) is 0.575. The van der Waals surface area contributed by atoms with Crippen LogP contribution in [0.25, 0.3) is 11.1 Å². The number of nitrogens with zero attached hydrogens (tertiary/aromatic N) is 2. The van der Waals surface area contributed by atoms with Crippen molar-refractivity contribution in [3.8, 4) is 11.1 Å². The lowest BCUT2D eigenvalue weighted by atomic mass is 9.98. The van der Waals surface area contributed by atoms with E-state index in [2.05, 4.69) is 10.3 Å². The molecule has 0 spiro atoms. The van der Waals surface area contributed by atoms with Gasteiger partial charge in [0.15, 0.2) is 0 Å². The molecule has 3 aromatic rings. The zero-order valence-corrected chi connectivity index (χ0v) is 17.1. The van der Waals surface area contributed by atoms with E-state index in [-0.39, 0.29) is 11.9 Å². The summed E-state index contributed by atoms with van der Waals surface area (Å²) in [6.45, 7) is 0.662. The maximum absolute atomic E-state index is 13.4. The van der Waals surface area contributed by atoms with Crippen LogP contribution in [-0.4, -0.2) is 35.4 Å². The van der Waals surface area contributed by atoms with Gasteiger partial charge in [0.05, 0.1) is 11.1 Å². The van der Waals surface area contributed by atoms with Crippen LogP contribution in [0.5, 0.6) is 0 Å². The normalized spacial score (nSPS) is 14.3. The van der Waals surface area contributed by atoms with Crippen LogP contribution in [0.4, 0.5) is 5.82 Å². The van der Waals surface area contributed by atoms with E-state index in [1.165, 1.54) is 0 Å². The Kier molecular flexibility index (Phi) is 5.81. The van der Waals surface area contributed by atoms with Gasteiger partial charge in [-0.25, -0.2) is 4.98 Å². The average Bonchev–Trinajstić information content (AvgIpc) is 3.60. The van der Waals surface area contributed by atoms with Crippen molar-refractivity contribution in [1.82, 2.24) is 9.88 Å². The monoisotopic (exact) mass is 405 g/mol. The standard InChI is InChI=1S/C24H24ClN3O/c1-28(22(18-11-12-18)16-27-23-14-13-19(25)15-26-23)24(29)21-10-6-5-9-20(21)17-7-3-2-4-8-17/h2-10,13-15,18,22H,11-12,16H2,1H3,(H,26,27)/t22-/m1/s1. The molecule has 1 aliphatic rings. The second kappa shape index (κ2) is 8.66. The van der Waals surface area contributed by atoms with Crippen molar-refractivity contribution in [2.24, 2.45) is 5.92 Å². The van der Waals surface area contributed by atoms with Crippen molar-refractivity contribution in [2.45, 2.75) is 18.9 Å². The molecule has 0 aliphatic heterocycles. The Morgan fingerprint density at radius 3 is 2.52 bits per heavy atom. The van der Waals surface area contributed by atoms with E-state index >= 15 is 0 Å². The summed E-state index contributed by atoms with van der Waals surface area (Å²) in [6, 6.07) is 21.7. The summed E-state index contributed by atoms with van der Waals surface area (Å²) in [6.07, 6.45) is 3.93. The lowest BCUT2D eigenvalue weighted by Gasteiger charge is -2.29. The van der Waals surface area contributed by atoms with E-state index in [1.54, 1.807) is 6.20 Å². The first-order valence-corrected chi connectivity index (χ1v) is 10.3. The number of amides is 1. The van der Waals surface area contributed by atoms with Crippen molar-refractivity contribution < 1.29 is 4.79 Å². The summed E-state index contributed by atoms with van der Waals surface area (Å²) in [4.78, 5) is 19.6. The van der Waals surface area contributed by atoms with Gasteiger partial charge in [-0.1, -0.05) is 60.1 Å². The highest BCUT2D eigenvalue weighted by molar-refractivity contribution is 6.30. The molecule has 0 unspecified atom stereocenters. The van der Waals surface area contributed by atoms with Gasteiger partial charge in [-0.3, -0.25) is 4.79 Å². The van der Waals surface area contributed by atoms with E-state index in [9.17, 15) is 4.79 Å². The summed E-state index contributed by atoms with van der Waals surface area (Å²) in [5, 5.41) is 3.97. The molecule has 2 aromatic carbocycles. The van der Waals surface area contributed by atoms with Crippen LogP contribution >= 0.6 is 11.6 Å². The van der Waals surface area contributed by atoms with Crippen LogP contribution in [0.2, 0.25) is 5.02 Å². The maximum atomic E-state index is 13.4. The van der Waals surface area contributed by atoms with E-state index in [1.807, 2.05) is 78.7 Å². The molecule has 148 valence electrons. The first-order valence-electron chi connectivity index (χ1n) is 9.90. The Balaban J connectivity index is 1.53. The molecule has 4 rings (SSSR count). The van der Waals surface area contributed by atoms with Gasteiger partial charge in [0.25, 0.3) is 5.91 Å². The number of carbonyl (C=O) groups excluding carboxylic acids is 1. The van der Waals surface area contributed by atoms with Crippen LogP contribution in [-0.2, 0) is 0 Å². The Morgan fingerprint density at radius 2 is 1.83 bits per heavy atom. The zero-order chi connectivity index (χ0) is 20.2. The van der Waals surface area contributed by atoms with Crippen LogP contribution in [0.15, 0.2) is 72.9 Å². The first kappa shape index (κ1) is 19.5. The third-order valence-electron chi connectivity index (χ3n) is 5.45. The SMILES string of the molecule is CN(C(=O)c1ccccc1-c1ccccc1)[C@H](CNc1ccc(Cl)cn1)C1CC1. The summed E-state index contributed by atoms with van der Waals surface area (Å²) in [7, 11) is 1.91. The third-order valence-corrected chi connectivity index (χ3v) is 5.67. The number of likely N-dealkylation sites (N-methyl/N-ethyl adjacent to an activating group) is 1. The minimum atomic E-state index is 0.0484. The van der Waals surface area contributed by atoms with Crippen LogP contribution in [0.1, 0.15) is 23.2 Å². The molecular formula is C24H24ClN3O. The molecule has 0 radical (unpaired) electrons. The van der Waals surface area contributed by atoms with Crippen molar-refractivity contribution >= 4 is 23.3 Å². The highest BCUT2D eigenvalue weighted by Gasteiger charge is 2.36. The Bertz CT molecular complexity index is 971. The van der Waals surface area contributed by atoms with Gasteiger partial charge in [0, 0.05) is 25.4 Å². The van der Waals surface area contributed by atoms with E-state index in [0.29, 0.717) is 17.5 Å². The molecule has 0 bridgehead atoms. The summed E-state index contributed by atoms with van der Waals surface area (Å²) < 4.78 is 0. The number of nitrogens with one attached hydrogen (secondary N) is 1. The summed E-state index contributed by atoms with van der Waals surface area (Å²) >= 11 is 5.92. The molecule has 4 nitrogen and oxygen atoms in total. The highest BCUT2D eigenvalue weighted by Crippen LogP contribution is 2.36. The number of pyridine rings is 1. The molecule has 1 heterocycles. The fraction of sp³-hybridized carbons (Fsp3) is 0.250. The predicted molar refractivity (Wildman–Crippen MR) is 118 cm³/mol. The van der Waals surface area contributed by atoms with Crippen LogP contribution in [0.3, 0.4) is 0 Å². The second-order valence-corrected chi connectivity index (χ2v) is 7.91. The largest absolute Gasteiger partial charge is 0.368 e. The molecule has 29 heavy (non-hydrogen) atoms. The molecule has 1 N–H and O–H groups in total. The molecule has 5 heteroatoms. The molecule has 1 amide bonds. The molecule has 1 atom stereocenters. The van der Waals surface area contributed by atoms with Gasteiger partial charge < -0.3 is 10.2 Å². The van der Waals surface area contributed by atoms with Gasteiger partial charge in [-0.05, 0) is 48.1 Å². The Hall–Kier alpha value is -2.85. The molecule has 1 fully saturated rings. The molecule has 1 saturated carbocycles. The Morgan fingerprint density at radius 1 is 1.10 bits per heavy atom. The van der Waals surface area contributed by atoms with E-state index < -0.39 is 0 Å². The minimum Gasteiger partial charge on any atom is -0.368 e. The smallest absolute Gasteiger partial charge is 0.254 e. The van der Waals surface area contributed by atoms with Gasteiger partial charge in [0.2, 0.25) is 0 Å². The maximum Gasteiger partial charge on any atom is 0.254 e. The number of hydrogen-bond donors (Lipinski definition) is 1. The number of rotatable bonds is 7. The number of benzene rings is 2. The van der Waals surface area contributed by atoms with E-state index in [4.69, 9.17) is 11.6 Å². The number of halogens is 1. The molecule has 1 aliphatic carbocycles. The summed E-state index contributed by atoms with van der Waals surface area (Å²) in [5.74, 6) is 1.34. The number of carbonyl (C=O) groups is 1. The number of aromatic nitrogens is 1. The van der Waals surface area contributed by atoms with Crippen LogP contribution in [0, 0.1) is 5.92 Å². The predicted octanol–water partition coefficient (Wildman–Crippen LogP) is 5.36. The van der Waals surface area contributed by atoms with Gasteiger partial charge >= 0.3 is 0 Å². The highest BCUT2D eigenvalue weighted by atomic mass is 35.5. The van der Waals surface area contributed by atoms with Crippen molar-refractivity contribution in [2.75, 3.05) is 18.9 Å². The number of hydrogen-bond acceptors (Lipinski definition) is 3. The Labute approximate surface area is 176 Å². The van der Waals surface area contributed by atoms with Crippen molar-refractivity contribution in [3.63, 3.8) is 0 Å². The zero-order valence-electron chi connectivity index (χ0n) is 16.4. The van der Waals surface area contributed by atoms with Crippen molar-refractivity contribution in [3.05, 3.63) is 83.5 Å². The lowest BCUT2D eigenvalue weighted by Crippen LogP contribution is -2.43. The van der Waals surface area contributed by atoms with Gasteiger partial charge in [0.1, 0.15) is 5.82 Å². The lowest BCUT2D eigenvalue weighted by molar-refractivity contribution is 0.0723. The fourth-order valence-corrected chi connectivity index (χ4v) is 3.78. The molecule has 0 saturated heterocycles. The first-order chi connectivity index (χ1) is 14.1. The van der Waals surface area contributed by atoms with Crippen molar-refractivity contribution in [1.29, 1.82) is 0 Å². The van der Waals surface area contributed by atoms with Gasteiger partial charge in [-0.2, -0.15) is 0 Å². The minimum absolute atomic E-state index is 0.0484. The molecule has 1 aromatic heterocycles. The molecular weight excluding hydrogens is 382 g/mol. The fourth-order valence-electron chi connectivity index (χ4n) is 3.67. The third kappa shape index (κ3) is 4.60. The number of anilines is 1.